The zero-order valence-electron chi connectivity index (χ0n) is 9.36. The van der Waals surface area contributed by atoms with E-state index in [0.29, 0.717) is 0 Å². The third kappa shape index (κ3) is 1.74. The van der Waals surface area contributed by atoms with Gasteiger partial charge in [0.2, 0.25) is 0 Å². The van der Waals surface area contributed by atoms with Crippen LogP contribution in [0.2, 0.25) is 0 Å². The average Bonchev–Trinajstić information content (AvgIpc) is 2.77. The van der Waals surface area contributed by atoms with E-state index in [4.69, 9.17) is 0 Å². The average molecular weight is 229 g/mol. The van der Waals surface area contributed by atoms with Crippen LogP contribution in [0, 0.1) is 5.92 Å². The zero-order valence-corrected chi connectivity index (χ0v) is 10.2. The lowest BCUT2D eigenvalue weighted by atomic mass is 10.00. The molecule has 0 unspecified atom stereocenters. The molecular weight excluding hydrogens is 214 g/mol. The van der Waals surface area contributed by atoms with Gasteiger partial charge in [-0.3, -0.25) is 0 Å². The number of rotatable bonds is 1. The first-order chi connectivity index (χ1) is 7.83. The molecule has 0 saturated heterocycles. The summed E-state index contributed by atoms with van der Waals surface area (Å²) in [5.74, 6) is 0.758. The van der Waals surface area contributed by atoms with E-state index in [1.165, 1.54) is 27.8 Å². The maximum Gasteiger partial charge on any atom is 0.0373 e. The first kappa shape index (κ1) is 9.91. The molecule has 0 fully saturated rings. The van der Waals surface area contributed by atoms with Crippen LogP contribution in [0.15, 0.2) is 35.7 Å². The molecule has 0 amide bonds. The zero-order chi connectivity index (χ0) is 11.0. The summed E-state index contributed by atoms with van der Waals surface area (Å²) in [4.78, 5) is 0. The highest BCUT2D eigenvalue weighted by molar-refractivity contribution is 7.17. The molecule has 2 aromatic rings. The number of thiophene rings is 1. The van der Waals surface area contributed by atoms with E-state index >= 15 is 0 Å². The number of nitrogens with one attached hydrogen (secondary N) is 1. The molecule has 16 heavy (non-hydrogen) atoms. The van der Waals surface area contributed by atoms with Gasteiger partial charge < -0.3 is 5.32 Å². The van der Waals surface area contributed by atoms with Crippen LogP contribution in [0.1, 0.15) is 18.9 Å². The van der Waals surface area contributed by atoms with E-state index in [1.807, 2.05) is 0 Å². The van der Waals surface area contributed by atoms with Crippen molar-refractivity contribution in [3.05, 3.63) is 41.3 Å². The summed E-state index contributed by atoms with van der Waals surface area (Å²) < 4.78 is 1.37. The standard InChI is InChI=1S/C14H15NS/c1-10-2-4-13(15-9-10)11-3-5-14-12(8-11)6-7-16-14/h3-8,10,15H,2,9H2,1H3/t10-/m0/s1. The number of benzene rings is 1. The van der Waals surface area contributed by atoms with Gasteiger partial charge in [0.05, 0.1) is 0 Å². The Kier molecular flexibility index (Phi) is 2.44. The number of hydrogen-bond acceptors (Lipinski definition) is 2. The summed E-state index contributed by atoms with van der Waals surface area (Å²) in [6.07, 6.45) is 3.51. The highest BCUT2D eigenvalue weighted by Crippen LogP contribution is 2.26. The summed E-state index contributed by atoms with van der Waals surface area (Å²) in [5.41, 5.74) is 2.61. The highest BCUT2D eigenvalue weighted by atomic mass is 32.1. The van der Waals surface area contributed by atoms with Crippen molar-refractivity contribution in [2.24, 2.45) is 5.92 Å². The van der Waals surface area contributed by atoms with Crippen molar-refractivity contribution in [1.29, 1.82) is 0 Å². The minimum absolute atomic E-state index is 0.758. The third-order valence-electron chi connectivity index (χ3n) is 3.13. The van der Waals surface area contributed by atoms with Gasteiger partial charge in [-0.25, -0.2) is 0 Å². The second-order valence-electron chi connectivity index (χ2n) is 4.51. The summed E-state index contributed by atoms with van der Waals surface area (Å²) >= 11 is 1.80. The van der Waals surface area contributed by atoms with Crippen molar-refractivity contribution in [2.45, 2.75) is 13.3 Å². The van der Waals surface area contributed by atoms with Crippen molar-refractivity contribution in [3.63, 3.8) is 0 Å². The Morgan fingerprint density at radius 1 is 1.31 bits per heavy atom. The first-order valence-electron chi connectivity index (χ1n) is 5.74. The van der Waals surface area contributed by atoms with Crippen molar-refractivity contribution >= 4 is 27.1 Å². The summed E-state index contributed by atoms with van der Waals surface area (Å²) in [7, 11) is 0. The quantitative estimate of drug-likeness (QED) is 0.782. The largest absolute Gasteiger partial charge is 0.385 e. The summed E-state index contributed by atoms with van der Waals surface area (Å²) in [6, 6.07) is 8.90. The van der Waals surface area contributed by atoms with Crippen LogP contribution in [0.3, 0.4) is 0 Å². The van der Waals surface area contributed by atoms with Gasteiger partial charge in [-0.15, -0.1) is 11.3 Å². The van der Waals surface area contributed by atoms with E-state index < -0.39 is 0 Å². The normalized spacial score (nSPS) is 20.6. The van der Waals surface area contributed by atoms with Gasteiger partial charge in [0, 0.05) is 16.9 Å². The molecule has 0 aliphatic carbocycles. The maximum atomic E-state index is 3.51. The molecule has 1 N–H and O–H groups in total. The molecule has 82 valence electrons. The molecule has 1 aromatic heterocycles. The Morgan fingerprint density at radius 2 is 2.25 bits per heavy atom. The lowest BCUT2D eigenvalue weighted by Crippen LogP contribution is -2.23. The second-order valence-corrected chi connectivity index (χ2v) is 5.46. The molecule has 1 aliphatic heterocycles. The smallest absolute Gasteiger partial charge is 0.0373 e. The van der Waals surface area contributed by atoms with Gasteiger partial charge >= 0.3 is 0 Å². The van der Waals surface area contributed by atoms with Crippen molar-refractivity contribution in [3.8, 4) is 0 Å². The summed E-state index contributed by atoms with van der Waals surface area (Å²) in [6.45, 7) is 3.37. The fraction of sp³-hybridized carbons (Fsp3) is 0.286. The topological polar surface area (TPSA) is 12.0 Å². The molecule has 0 radical (unpaired) electrons. The van der Waals surface area contributed by atoms with Gasteiger partial charge in [0.25, 0.3) is 0 Å². The van der Waals surface area contributed by atoms with Crippen molar-refractivity contribution < 1.29 is 0 Å². The molecule has 1 aromatic carbocycles. The lowest BCUT2D eigenvalue weighted by Gasteiger charge is -2.21. The molecule has 0 spiro atoms. The summed E-state index contributed by atoms with van der Waals surface area (Å²) in [5, 5.41) is 7.01. The Labute approximate surface area is 99.8 Å². The van der Waals surface area contributed by atoms with E-state index in [-0.39, 0.29) is 0 Å². The van der Waals surface area contributed by atoms with Crippen LogP contribution in [0.5, 0.6) is 0 Å². The molecule has 2 heteroatoms. The molecular formula is C14H15NS. The Balaban J connectivity index is 1.99. The predicted octanol–water partition coefficient (Wildman–Crippen LogP) is 3.87. The van der Waals surface area contributed by atoms with Crippen LogP contribution in [-0.4, -0.2) is 6.54 Å². The fourth-order valence-corrected chi connectivity index (χ4v) is 2.88. The minimum Gasteiger partial charge on any atom is -0.385 e. The van der Waals surface area contributed by atoms with Gasteiger partial charge in [-0.1, -0.05) is 19.1 Å². The van der Waals surface area contributed by atoms with Crippen molar-refractivity contribution in [1.82, 2.24) is 5.32 Å². The van der Waals surface area contributed by atoms with Gasteiger partial charge in [-0.2, -0.15) is 0 Å². The van der Waals surface area contributed by atoms with Crippen LogP contribution < -0.4 is 5.32 Å². The molecule has 1 nitrogen and oxygen atoms in total. The maximum absolute atomic E-state index is 3.51. The van der Waals surface area contributed by atoms with Crippen LogP contribution in [0.25, 0.3) is 15.8 Å². The SMILES string of the molecule is C[C@H]1CC=C(c2ccc3sccc3c2)NC1. The molecule has 1 aliphatic rings. The van der Waals surface area contributed by atoms with Gasteiger partial charge in [-0.05, 0) is 46.9 Å². The molecule has 0 bridgehead atoms. The Hall–Kier alpha value is -1.28. The van der Waals surface area contributed by atoms with E-state index in [1.54, 1.807) is 11.3 Å². The lowest BCUT2D eigenvalue weighted by molar-refractivity contribution is 0.550. The molecule has 3 rings (SSSR count). The number of allylic oxidation sites excluding steroid dienone is 1. The number of fused-ring (bicyclic) bond motifs is 1. The molecule has 1 atom stereocenters. The van der Waals surface area contributed by atoms with Crippen molar-refractivity contribution in [2.75, 3.05) is 6.54 Å². The third-order valence-corrected chi connectivity index (χ3v) is 4.03. The van der Waals surface area contributed by atoms with Crippen LogP contribution in [-0.2, 0) is 0 Å². The second kappa shape index (κ2) is 3.95. The highest BCUT2D eigenvalue weighted by Gasteiger charge is 2.10. The Morgan fingerprint density at radius 3 is 3.06 bits per heavy atom. The molecule has 2 heterocycles. The Bertz CT molecular complexity index is 538. The van der Waals surface area contributed by atoms with E-state index in [9.17, 15) is 0 Å². The molecule has 0 saturated carbocycles. The van der Waals surface area contributed by atoms with Crippen LogP contribution in [0.4, 0.5) is 0 Å². The van der Waals surface area contributed by atoms with E-state index in [0.717, 1.165) is 12.5 Å². The number of hydrogen-bond donors (Lipinski definition) is 1. The van der Waals surface area contributed by atoms with Gasteiger partial charge in [0.15, 0.2) is 0 Å². The van der Waals surface area contributed by atoms with Crippen LogP contribution >= 0.6 is 11.3 Å². The van der Waals surface area contributed by atoms with E-state index in [2.05, 4.69) is 48.0 Å². The first-order valence-corrected chi connectivity index (χ1v) is 6.62. The fourth-order valence-electron chi connectivity index (χ4n) is 2.11. The minimum atomic E-state index is 0.758. The van der Waals surface area contributed by atoms with Gasteiger partial charge in [0.1, 0.15) is 0 Å². The monoisotopic (exact) mass is 229 g/mol. The predicted molar refractivity (Wildman–Crippen MR) is 71.6 cm³/mol.